The Labute approximate surface area is 111 Å². The smallest absolute Gasteiger partial charge is 0.256 e. The van der Waals surface area contributed by atoms with Crippen LogP contribution in [0.25, 0.3) is 0 Å². The van der Waals surface area contributed by atoms with Crippen LogP contribution in [0.1, 0.15) is 23.7 Å². The Kier molecular flexibility index (Phi) is 4.04. The maximum Gasteiger partial charge on any atom is 0.256 e. The second-order valence-corrected chi connectivity index (χ2v) is 4.62. The van der Waals surface area contributed by atoms with Crippen LogP contribution in [0.15, 0.2) is 12.3 Å². The first-order chi connectivity index (χ1) is 8.63. The first kappa shape index (κ1) is 13.1. The number of rotatable bonds is 2. The van der Waals surface area contributed by atoms with E-state index in [4.69, 9.17) is 22.1 Å². The lowest BCUT2D eigenvalue weighted by molar-refractivity contribution is -0.00274. The Bertz CT molecular complexity index is 453. The van der Waals surface area contributed by atoms with E-state index in [1.807, 2.05) is 6.92 Å². The van der Waals surface area contributed by atoms with E-state index in [0.717, 1.165) is 6.42 Å². The third-order valence-electron chi connectivity index (χ3n) is 3.09. The van der Waals surface area contributed by atoms with Crippen molar-refractivity contribution in [2.75, 3.05) is 25.5 Å². The number of nitrogens with two attached hydrogens (primary N) is 1. The number of carbonyl (C=O) groups is 1. The molecule has 1 unspecified atom stereocenters. The van der Waals surface area contributed by atoms with Gasteiger partial charge in [-0.2, -0.15) is 0 Å². The number of nitrogen functional groups attached to an aromatic ring is 1. The van der Waals surface area contributed by atoms with Crippen molar-refractivity contribution in [1.29, 1.82) is 0 Å². The van der Waals surface area contributed by atoms with E-state index in [2.05, 4.69) is 4.98 Å². The molecule has 1 fully saturated rings. The summed E-state index contributed by atoms with van der Waals surface area (Å²) in [7, 11) is 0. The fourth-order valence-electron chi connectivity index (χ4n) is 2.04. The highest BCUT2D eigenvalue weighted by Gasteiger charge is 2.28. The molecule has 1 aromatic heterocycles. The van der Waals surface area contributed by atoms with Gasteiger partial charge in [0.1, 0.15) is 5.15 Å². The predicted molar refractivity (Wildman–Crippen MR) is 69.6 cm³/mol. The summed E-state index contributed by atoms with van der Waals surface area (Å²) in [5.74, 6) is -0.105. The molecule has 6 heteroatoms. The summed E-state index contributed by atoms with van der Waals surface area (Å²) >= 11 is 5.81. The molecule has 98 valence electrons. The number of carbonyl (C=O) groups excluding carboxylic acids is 1. The Morgan fingerprint density at radius 2 is 2.50 bits per heavy atom. The van der Waals surface area contributed by atoms with E-state index in [-0.39, 0.29) is 17.1 Å². The minimum atomic E-state index is -0.105. The van der Waals surface area contributed by atoms with Crippen molar-refractivity contribution in [2.24, 2.45) is 0 Å². The molecule has 0 aromatic carbocycles. The largest absolute Gasteiger partial charge is 0.397 e. The number of nitrogens with zero attached hydrogens (tertiary/aromatic N) is 2. The van der Waals surface area contributed by atoms with Crippen molar-refractivity contribution in [3.63, 3.8) is 0 Å². The number of halogens is 1. The van der Waals surface area contributed by atoms with Gasteiger partial charge in [0.05, 0.1) is 36.7 Å². The molecule has 0 aliphatic carbocycles. The second-order valence-electron chi connectivity index (χ2n) is 4.23. The van der Waals surface area contributed by atoms with E-state index in [1.54, 1.807) is 4.90 Å². The van der Waals surface area contributed by atoms with Crippen LogP contribution in [0.3, 0.4) is 0 Å². The third kappa shape index (κ3) is 2.57. The highest BCUT2D eigenvalue weighted by Crippen LogP contribution is 2.20. The number of hydrogen-bond donors (Lipinski definition) is 1. The lowest BCUT2D eigenvalue weighted by atomic mass is 10.1. The van der Waals surface area contributed by atoms with Gasteiger partial charge in [-0.25, -0.2) is 4.98 Å². The Hall–Kier alpha value is -1.33. The molecular formula is C12H16ClN3O2. The Morgan fingerprint density at radius 3 is 3.22 bits per heavy atom. The van der Waals surface area contributed by atoms with E-state index < -0.39 is 0 Å². The zero-order valence-corrected chi connectivity index (χ0v) is 11.0. The van der Waals surface area contributed by atoms with Crippen LogP contribution < -0.4 is 5.73 Å². The normalized spacial score (nSPS) is 19.9. The molecule has 1 aliphatic heterocycles. The maximum atomic E-state index is 12.4. The SMILES string of the molecule is CCC1COCCN1C(=O)c1cc(Cl)ncc1N. The standard InChI is InChI=1S/C12H16ClN3O2/c1-2-8-7-18-4-3-16(8)12(17)9-5-11(13)15-6-10(9)14/h5-6,8H,2-4,7,14H2,1H3. The van der Waals surface area contributed by atoms with Crippen LogP contribution in [0.5, 0.6) is 0 Å². The topological polar surface area (TPSA) is 68.5 Å². The fourth-order valence-corrected chi connectivity index (χ4v) is 2.20. The summed E-state index contributed by atoms with van der Waals surface area (Å²) in [6.45, 7) is 3.74. The maximum absolute atomic E-state index is 12.4. The van der Waals surface area contributed by atoms with Gasteiger partial charge in [-0.15, -0.1) is 0 Å². The van der Waals surface area contributed by atoms with Crippen LogP contribution in [0.2, 0.25) is 5.15 Å². The molecule has 2 N–H and O–H groups in total. The zero-order valence-electron chi connectivity index (χ0n) is 10.2. The molecule has 5 nitrogen and oxygen atoms in total. The first-order valence-electron chi connectivity index (χ1n) is 5.93. The third-order valence-corrected chi connectivity index (χ3v) is 3.30. The Morgan fingerprint density at radius 1 is 1.72 bits per heavy atom. The van der Waals surface area contributed by atoms with Gasteiger partial charge in [0.2, 0.25) is 0 Å². The molecule has 0 spiro atoms. The molecule has 1 aliphatic rings. The molecule has 1 aromatic rings. The summed E-state index contributed by atoms with van der Waals surface area (Å²) in [6, 6.07) is 1.61. The van der Waals surface area contributed by atoms with Gasteiger partial charge in [-0.1, -0.05) is 18.5 Å². The number of hydrogen-bond acceptors (Lipinski definition) is 4. The molecule has 0 saturated carbocycles. The number of aromatic nitrogens is 1. The summed E-state index contributed by atoms with van der Waals surface area (Å²) < 4.78 is 5.38. The summed E-state index contributed by atoms with van der Waals surface area (Å²) in [4.78, 5) is 18.1. The van der Waals surface area contributed by atoms with E-state index in [9.17, 15) is 4.79 Å². The molecule has 0 bridgehead atoms. The van der Waals surface area contributed by atoms with E-state index >= 15 is 0 Å². The van der Waals surface area contributed by atoms with E-state index in [0.29, 0.717) is 31.0 Å². The average Bonchev–Trinajstić information content (AvgIpc) is 2.40. The fraction of sp³-hybridized carbons (Fsp3) is 0.500. The van der Waals surface area contributed by atoms with Crippen molar-refractivity contribution >= 4 is 23.2 Å². The summed E-state index contributed by atoms with van der Waals surface area (Å²) in [6.07, 6.45) is 2.27. The second kappa shape index (κ2) is 5.54. The molecule has 18 heavy (non-hydrogen) atoms. The minimum Gasteiger partial charge on any atom is -0.397 e. The lowest BCUT2D eigenvalue weighted by Crippen LogP contribution is -2.48. The van der Waals surface area contributed by atoms with Crippen LogP contribution in [-0.4, -0.2) is 41.6 Å². The molecule has 0 radical (unpaired) electrons. The van der Waals surface area contributed by atoms with Crippen LogP contribution in [-0.2, 0) is 4.74 Å². The summed E-state index contributed by atoms with van der Waals surface area (Å²) in [5.41, 5.74) is 6.55. The van der Waals surface area contributed by atoms with Crippen molar-refractivity contribution in [3.8, 4) is 0 Å². The number of pyridine rings is 1. The van der Waals surface area contributed by atoms with Crippen LogP contribution in [0.4, 0.5) is 5.69 Å². The van der Waals surface area contributed by atoms with Gasteiger partial charge in [-0.3, -0.25) is 4.79 Å². The van der Waals surface area contributed by atoms with Crippen molar-refractivity contribution in [3.05, 3.63) is 23.0 Å². The van der Waals surface area contributed by atoms with Gasteiger partial charge in [0.15, 0.2) is 0 Å². The molecule has 2 heterocycles. The van der Waals surface area contributed by atoms with Crippen molar-refractivity contribution in [2.45, 2.75) is 19.4 Å². The lowest BCUT2D eigenvalue weighted by Gasteiger charge is -2.35. The molecular weight excluding hydrogens is 254 g/mol. The summed E-state index contributed by atoms with van der Waals surface area (Å²) in [5, 5.41) is 0.272. The minimum absolute atomic E-state index is 0.0950. The molecule has 1 saturated heterocycles. The van der Waals surface area contributed by atoms with Crippen molar-refractivity contribution < 1.29 is 9.53 Å². The van der Waals surface area contributed by atoms with Gasteiger partial charge >= 0.3 is 0 Å². The first-order valence-corrected chi connectivity index (χ1v) is 6.31. The number of morpholine rings is 1. The number of anilines is 1. The van der Waals surface area contributed by atoms with Crippen LogP contribution in [0, 0.1) is 0 Å². The van der Waals surface area contributed by atoms with Gasteiger partial charge in [0, 0.05) is 6.54 Å². The van der Waals surface area contributed by atoms with Gasteiger partial charge < -0.3 is 15.4 Å². The molecule has 1 atom stereocenters. The van der Waals surface area contributed by atoms with Gasteiger partial charge in [-0.05, 0) is 12.5 Å². The quantitative estimate of drug-likeness (QED) is 0.828. The number of ether oxygens (including phenoxy) is 1. The molecule has 2 rings (SSSR count). The van der Waals surface area contributed by atoms with E-state index in [1.165, 1.54) is 12.3 Å². The highest BCUT2D eigenvalue weighted by atomic mass is 35.5. The number of amides is 1. The zero-order chi connectivity index (χ0) is 13.1. The molecule has 1 amide bonds. The average molecular weight is 270 g/mol. The monoisotopic (exact) mass is 269 g/mol. The highest BCUT2D eigenvalue weighted by molar-refractivity contribution is 6.29. The predicted octanol–water partition coefficient (Wildman–Crippen LogP) is 1.57. The van der Waals surface area contributed by atoms with Crippen molar-refractivity contribution in [1.82, 2.24) is 9.88 Å². The Balaban J connectivity index is 2.26. The van der Waals surface area contributed by atoms with Gasteiger partial charge in [0.25, 0.3) is 5.91 Å². The van der Waals surface area contributed by atoms with Crippen LogP contribution >= 0.6 is 11.6 Å².